The van der Waals surface area contributed by atoms with Crippen LogP contribution in [-0.4, -0.2) is 23.4 Å². The first-order valence-electron chi connectivity index (χ1n) is 9.86. The lowest BCUT2D eigenvalue weighted by molar-refractivity contribution is 0.255. The third-order valence-corrected chi connectivity index (χ3v) is 5.12. The van der Waals surface area contributed by atoms with E-state index in [9.17, 15) is 0 Å². The topological polar surface area (TPSA) is 40.5 Å². The summed E-state index contributed by atoms with van der Waals surface area (Å²) in [6.07, 6.45) is 14.6. The van der Waals surface area contributed by atoms with Crippen molar-refractivity contribution in [2.45, 2.75) is 91.9 Å². The fourth-order valence-electron chi connectivity index (χ4n) is 3.27. The predicted molar refractivity (Wildman–Crippen MR) is 102 cm³/mol. The normalized spacial score (nSPS) is 16.3. The van der Waals surface area contributed by atoms with E-state index < -0.39 is 0 Å². The van der Waals surface area contributed by atoms with E-state index in [4.69, 9.17) is 10.2 Å². The molecule has 0 aliphatic rings. The van der Waals surface area contributed by atoms with Crippen LogP contribution in [-0.2, 0) is 0 Å². The van der Waals surface area contributed by atoms with Crippen LogP contribution in [0.25, 0.3) is 0 Å². The van der Waals surface area contributed by atoms with E-state index in [1.807, 2.05) is 6.08 Å². The SMILES string of the molecule is CC(=CCO)CCCC(C)CCCC(C)CCCC(C)CCO. The Labute approximate surface area is 145 Å². The summed E-state index contributed by atoms with van der Waals surface area (Å²) < 4.78 is 0. The van der Waals surface area contributed by atoms with Crippen LogP contribution in [0.3, 0.4) is 0 Å². The lowest BCUT2D eigenvalue weighted by atomic mass is 9.91. The third kappa shape index (κ3) is 15.0. The summed E-state index contributed by atoms with van der Waals surface area (Å²) in [7, 11) is 0. The zero-order chi connectivity index (χ0) is 17.5. The van der Waals surface area contributed by atoms with Crippen LogP contribution in [0.4, 0.5) is 0 Å². The molecule has 0 bridgehead atoms. The lowest BCUT2D eigenvalue weighted by Crippen LogP contribution is -2.02. The summed E-state index contributed by atoms with van der Waals surface area (Å²) in [5.74, 6) is 2.35. The summed E-state index contributed by atoms with van der Waals surface area (Å²) in [5, 5.41) is 17.8. The Kier molecular flexibility index (Phi) is 15.0. The van der Waals surface area contributed by atoms with Gasteiger partial charge in [0.2, 0.25) is 0 Å². The van der Waals surface area contributed by atoms with Gasteiger partial charge in [0.1, 0.15) is 0 Å². The average Bonchev–Trinajstić information content (AvgIpc) is 2.47. The van der Waals surface area contributed by atoms with Gasteiger partial charge in [-0.2, -0.15) is 0 Å². The van der Waals surface area contributed by atoms with Crippen molar-refractivity contribution in [3.8, 4) is 0 Å². The maximum absolute atomic E-state index is 8.92. The molecular weight excluding hydrogens is 284 g/mol. The largest absolute Gasteiger partial charge is 0.396 e. The minimum Gasteiger partial charge on any atom is -0.396 e. The van der Waals surface area contributed by atoms with Gasteiger partial charge < -0.3 is 10.2 Å². The molecule has 23 heavy (non-hydrogen) atoms. The van der Waals surface area contributed by atoms with Crippen LogP contribution in [0.1, 0.15) is 91.9 Å². The quantitative estimate of drug-likeness (QED) is 0.377. The van der Waals surface area contributed by atoms with Crippen molar-refractivity contribution in [2.75, 3.05) is 13.2 Å². The Morgan fingerprint density at radius 3 is 1.61 bits per heavy atom. The van der Waals surface area contributed by atoms with Crippen molar-refractivity contribution < 1.29 is 10.2 Å². The molecule has 3 unspecified atom stereocenters. The standard InChI is InChI=1S/C21H42O2/c1-18(10-6-12-20(3)14-16-22)8-5-9-19(2)11-7-13-21(4)15-17-23/h14,18-19,21-23H,5-13,15-17H2,1-4H3. The van der Waals surface area contributed by atoms with Crippen molar-refractivity contribution in [3.05, 3.63) is 11.6 Å². The maximum Gasteiger partial charge on any atom is 0.0614 e. The molecule has 0 aromatic rings. The molecule has 0 rings (SSSR count). The summed E-state index contributed by atoms with van der Waals surface area (Å²) in [4.78, 5) is 0. The maximum atomic E-state index is 8.92. The molecule has 0 heterocycles. The molecule has 3 atom stereocenters. The van der Waals surface area contributed by atoms with Crippen molar-refractivity contribution in [1.29, 1.82) is 0 Å². The summed E-state index contributed by atoms with van der Waals surface area (Å²) in [6, 6.07) is 0. The van der Waals surface area contributed by atoms with Crippen molar-refractivity contribution in [3.63, 3.8) is 0 Å². The first-order valence-corrected chi connectivity index (χ1v) is 9.86. The van der Waals surface area contributed by atoms with Crippen LogP contribution in [0, 0.1) is 17.8 Å². The highest BCUT2D eigenvalue weighted by Gasteiger charge is 2.07. The van der Waals surface area contributed by atoms with Gasteiger partial charge in [-0.05, 0) is 43.9 Å². The fraction of sp³-hybridized carbons (Fsp3) is 0.905. The van der Waals surface area contributed by atoms with Gasteiger partial charge in [0.25, 0.3) is 0 Å². The molecule has 2 N–H and O–H groups in total. The molecule has 0 aromatic heterocycles. The molecule has 2 heteroatoms. The van der Waals surface area contributed by atoms with Crippen molar-refractivity contribution in [2.24, 2.45) is 17.8 Å². The van der Waals surface area contributed by atoms with Crippen LogP contribution < -0.4 is 0 Å². The highest BCUT2D eigenvalue weighted by Crippen LogP contribution is 2.22. The van der Waals surface area contributed by atoms with Gasteiger partial charge in [-0.1, -0.05) is 77.4 Å². The van der Waals surface area contributed by atoms with E-state index in [0.29, 0.717) is 12.5 Å². The minimum absolute atomic E-state index is 0.179. The second kappa shape index (κ2) is 15.2. The van der Waals surface area contributed by atoms with Gasteiger partial charge in [-0.25, -0.2) is 0 Å². The van der Waals surface area contributed by atoms with E-state index in [1.54, 1.807) is 0 Å². The van der Waals surface area contributed by atoms with Crippen LogP contribution in [0.2, 0.25) is 0 Å². The monoisotopic (exact) mass is 326 g/mol. The number of rotatable bonds is 15. The van der Waals surface area contributed by atoms with Crippen molar-refractivity contribution in [1.82, 2.24) is 0 Å². The van der Waals surface area contributed by atoms with E-state index in [-0.39, 0.29) is 6.61 Å². The van der Waals surface area contributed by atoms with E-state index >= 15 is 0 Å². The first kappa shape index (κ1) is 22.7. The molecule has 0 radical (unpaired) electrons. The molecule has 0 aromatic carbocycles. The van der Waals surface area contributed by atoms with Gasteiger partial charge in [0, 0.05) is 6.61 Å². The zero-order valence-corrected chi connectivity index (χ0v) is 16.2. The fourth-order valence-corrected chi connectivity index (χ4v) is 3.27. The molecule has 0 saturated carbocycles. The Hall–Kier alpha value is -0.340. The molecular formula is C21H42O2. The number of aliphatic hydroxyl groups excluding tert-OH is 2. The zero-order valence-electron chi connectivity index (χ0n) is 16.2. The molecule has 0 amide bonds. The summed E-state index contributed by atoms with van der Waals surface area (Å²) >= 11 is 0. The molecule has 0 fully saturated rings. The molecule has 0 aliphatic carbocycles. The van der Waals surface area contributed by atoms with Gasteiger partial charge in [-0.3, -0.25) is 0 Å². The van der Waals surface area contributed by atoms with Crippen LogP contribution >= 0.6 is 0 Å². The first-order chi connectivity index (χ1) is 11.0. The molecule has 2 nitrogen and oxygen atoms in total. The Bertz CT molecular complexity index is 286. The predicted octanol–water partition coefficient (Wildman–Crippen LogP) is 5.73. The number of aliphatic hydroxyl groups is 2. The van der Waals surface area contributed by atoms with E-state index in [2.05, 4.69) is 27.7 Å². The van der Waals surface area contributed by atoms with E-state index in [0.717, 1.165) is 24.7 Å². The minimum atomic E-state index is 0.179. The molecule has 0 saturated heterocycles. The highest BCUT2D eigenvalue weighted by molar-refractivity contribution is 4.97. The second-order valence-electron chi connectivity index (χ2n) is 7.81. The van der Waals surface area contributed by atoms with Crippen LogP contribution in [0.15, 0.2) is 11.6 Å². The second-order valence-corrected chi connectivity index (χ2v) is 7.81. The summed E-state index contributed by atoms with van der Waals surface area (Å²) in [6.45, 7) is 9.66. The van der Waals surface area contributed by atoms with Gasteiger partial charge >= 0.3 is 0 Å². The Morgan fingerprint density at radius 1 is 0.739 bits per heavy atom. The number of hydrogen-bond donors (Lipinski definition) is 2. The Morgan fingerprint density at radius 2 is 1.17 bits per heavy atom. The molecule has 0 aliphatic heterocycles. The van der Waals surface area contributed by atoms with Gasteiger partial charge in [0.05, 0.1) is 6.61 Å². The average molecular weight is 327 g/mol. The lowest BCUT2D eigenvalue weighted by Gasteiger charge is -2.15. The van der Waals surface area contributed by atoms with Crippen molar-refractivity contribution >= 4 is 0 Å². The Balaban J connectivity index is 3.55. The smallest absolute Gasteiger partial charge is 0.0614 e. The summed E-state index contributed by atoms with van der Waals surface area (Å²) in [5.41, 5.74) is 1.32. The highest BCUT2D eigenvalue weighted by atomic mass is 16.3. The molecule has 0 spiro atoms. The molecule has 138 valence electrons. The number of allylic oxidation sites excluding steroid dienone is 1. The van der Waals surface area contributed by atoms with Gasteiger partial charge in [-0.15, -0.1) is 0 Å². The number of hydrogen-bond acceptors (Lipinski definition) is 2. The van der Waals surface area contributed by atoms with Crippen LogP contribution in [0.5, 0.6) is 0 Å². The van der Waals surface area contributed by atoms with E-state index in [1.165, 1.54) is 56.9 Å². The third-order valence-electron chi connectivity index (χ3n) is 5.12. The van der Waals surface area contributed by atoms with Gasteiger partial charge in [0.15, 0.2) is 0 Å².